The maximum atomic E-state index is 10.8. The predicted octanol–water partition coefficient (Wildman–Crippen LogP) is 3.44. The summed E-state index contributed by atoms with van der Waals surface area (Å²) in [7, 11) is 3.89. The van der Waals surface area contributed by atoms with Crippen molar-refractivity contribution in [2.45, 2.75) is 12.2 Å². The Labute approximate surface area is 140 Å². The van der Waals surface area contributed by atoms with Crippen molar-refractivity contribution in [3.8, 4) is 0 Å². The molecule has 24 heavy (non-hydrogen) atoms. The molecule has 0 saturated heterocycles. The molecule has 0 fully saturated rings. The van der Waals surface area contributed by atoms with Crippen molar-refractivity contribution in [3.05, 3.63) is 72.1 Å². The molecule has 2 aromatic heterocycles. The van der Waals surface area contributed by atoms with Crippen LogP contribution in [-0.4, -0.2) is 19.3 Å². The van der Waals surface area contributed by atoms with Crippen molar-refractivity contribution < 1.29 is 10.2 Å². The maximum absolute atomic E-state index is 10.8. The van der Waals surface area contributed by atoms with Crippen molar-refractivity contribution in [2.75, 3.05) is 0 Å². The highest BCUT2D eigenvalue weighted by Crippen LogP contribution is 2.37. The van der Waals surface area contributed by atoms with Crippen LogP contribution in [0.5, 0.6) is 0 Å². The molecule has 4 aromatic rings. The Morgan fingerprint density at radius 3 is 1.46 bits per heavy atom. The van der Waals surface area contributed by atoms with E-state index in [2.05, 4.69) is 0 Å². The Hall–Kier alpha value is -2.56. The van der Waals surface area contributed by atoms with E-state index < -0.39 is 12.2 Å². The van der Waals surface area contributed by atoms with Crippen LogP contribution in [0.25, 0.3) is 21.8 Å². The quantitative estimate of drug-likeness (QED) is 0.607. The first kappa shape index (κ1) is 15.0. The van der Waals surface area contributed by atoms with Crippen LogP contribution in [0.3, 0.4) is 0 Å². The molecule has 2 N–H and O–H groups in total. The van der Waals surface area contributed by atoms with E-state index in [1.165, 1.54) is 0 Å². The number of benzene rings is 2. The number of fused-ring (bicyclic) bond motifs is 2. The molecule has 2 heterocycles. The lowest BCUT2D eigenvalue weighted by atomic mass is 9.97. The minimum atomic E-state index is -0.984. The first-order valence-corrected chi connectivity index (χ1v) is 8.02. The highest BCUT2D eigenvalue weighted by Gasteiger charge is 2.26. The number of para-hydroxylation sites is 2. The Bertz CT molecular complexity index is 945. The van der Waals surface area contributed by atoms with Gasteiger partial charge in [-0.1, -0.05) is 36.4 Å². The normalized spacial score (nSPS) is 14.3. The lowest BCUT2D eigenvalue weighted by Gasteiger charge is -2.17. The summed E-state index contributed by atoms with van der Waals surface area (Å²) in [6.45, 7) is 0. The number of hydrogen-bond donors (Lipinski definition) is 2. The van der Waals surface area contributed by atoms with Crippen LogP contribution in [0.15, 0.2) is 60.9 Å². The van der Waals surface area contributed by atoms with E-state index in [4.69, 9.17) is 0 Å². The molecule has 0 radical (unpaired) electrons. The van der Waals surface area contributed by atoms with Crippen molar-refractivity contribution >= 4 is 21.8 Å². The second kappa shape index (κ2) is 5.51. The molecule has 0 bridgehead atoms. The van der Waals surface area contributed by atoms with Crippen LogP contribution in [-0.2, 0) is 14.1 Å². The first-order chi connectivity index (χ1) is 11.6. The highest BCUT2D eigenvalue weighted by atomic mass is 16.3. The number of rotatable bonds is 3. The summed E-state index contributed by atoms with van der Waals surface area (Å²) in [5.74, 6) is 0. The van der Waals surface area contributed by atoms with Gasteiger partial charge in [0.1, 0.15) is 12.2 Å². The third kappa shape index (κ3) is 2.15. The summed E-state index contributed by atoms with van der Waals surface area (Å²) in [5, 5.41) is 23.6. The van der Waals surface area contributed by atoms with E-state index in [1.807, 2.05) is 84.2 Å². The van der Waals surface area contributed by atoms with Gasteiger partial charge in [-0.2, -0.15) is 0 Å². The fourth-order valence-corrected chi connectivity index (χ4v) is 3.56. The van der Waals surface area contributed by atoms with Gasteiger partial charge in [0, 0.05) is 59.4 Å². The highest BCUT2D eigenvalue weighted by molar-refractivity contribution is 5.86. The van der Waals surface area contributed by atoms with Gasteiger partial charge in [0.05, 0.1) is 0 Å². The van der Waals surface area contributed by atoms with Gasteiger partial charge in [-0.15, -0.1) is 0 Å². The Balaban J connectivity index is 1.82. The summed E-state index contributed by atoms with van der Waals surface area (Å²) in [6.07, 6.45) is 1.82. The number of aliphatic hydroxyl groups is 2. The second-order valence-corrected chi connectivity index (χ2v) is 6.31. The minimum Gasteiger partial charge on any atom is -0.385 e. The SMILES string of the molecule is Cn1cc(C(O)C(O)c2cn(C)c3ccccc23)c2ccccc21. The zero-order valence-electron chi connectivity index (χ0n) is 13.7. The number of nitrogens with zero attached hydrogens (tertiary/aromatic N) is 2. The van der Waals surface area contributed by atoms with E-state index in [-0.39, 0.29) is 0 Å². The fourth-order valence-electron chi connectivity index (χ4n) is 3.56. The summed E-state index contributed by atoms with van der Waals surface area (Å²) < 4.78 is 3.95. The van der Waals surface area contributed by atoms with Gasteiger partial charge in [-0.3, -0.25) is 0 Å². The van der Waals surface area contributed by atoms with Crippen molar-refractivity contribution in [3.63, 3.8) is 0 Å². The first-order valence-electron chi connectivity index (χ1n) is 8.02. The van der Waals surface area contributed by atoms with Crippen LogP contribution in [0, 0.1) is 0 Å². The van der Waals surface area contributed by atoms with Gasteiger partial charge in [-0.25, -0.2) is 0 Å². The Kier molecular flexibility index (Phi) is 3.44. The van der Waals surface area contributed by atoms with Gasteiger partial charge in [0.15, 0.2) is 0 Å². The Morgan fingerprint density at radius 2 is 1.04 bits per heavy atom. The monoisotopic (exact) mass is 320 g/mol. The zero-order chi connectivity index (χ0) is 16.8. The van der Waals surface area contributed by atoms with Crippen LogP contribution < -0.4 is 0 Å². The number of aliphatic hydroxyl groups excluding tert-OH is 2. The lowest BCUT2D eigenvalue weighted by Crippen LogP contribution is -2.09. The minimum absolute atomic E-state index is 0.744. The van der Waals surface area contributed by atoms with Crippen LogP contribution in [0.1, 0.15) is 23.3 Å². The second-order valence-electron chi connectivity index (χ2n) is 6.31. The molecule has 2 atom stereocenters. The molecular weight excluding hydrogens is 300 g/mol. The fraction of sp³-hybridized carbons (Fsp3) is 0.200. The summed E-state index contributed by atoms with van der Waals surface area (Å²) in [5.41, 5.74) is 3.57. The molecule has 4 heteroatoms. The molecule has 0 amide bonds. The van der Waals surface area contributed by atoms with E-state index in [1.54, 1.807) is 0 Å². The number of aromatic nitrogens is 2. The zero-order valence-corrected chi connectivity index (χ0v) is 13.7. The Morgan fingerprint density at radius 1 is 0.667 bits per heavy atom. The average Bonchev–Trinajstić information content (AvgIpc) is 3.12. The molecule has 0 spiro atoms. The topological polar surface area (TPSA) is 50.3 Å². The van der Waals surface area contributed by atoms with Crippen molar-refractivity contribution in [1.29, 1.82) is 0 Å². The molecule has 4 rings (SSSR count). The molecule has 0 aliphatic rings. The third-order valence-corrected chi connectivity index (χ3v) is 4.79. The van der Waals surface area contributed by atoms with E-state index in [0.717, 1.165) is 32.9 Å². The molecule has 0 aliphatic carbocycles. The predicted molar refractivity (Wildman–Crippen MR) is 95.8 cm³/mol. The summed E-state index contributed by atoms with van der Waals surface area (Å²) >= 11 is 0. The standard InChI is InChI=1S/C20H20N2O2/c1-21-11-15(13-7-3-5-9-17(13)21)19(23)20(24)16-12-22(2)18-10-6-4-8-14(16)18/h3-12,19-20,23-24H,1-2H3. The lowest BCUT2D eigenvalue weighted by molar-refractivity contribution is 0.0188. The van der Waals surface area contributed by atoms with E-state index >= 15 is 0 Å². The molecule has 2 unspecified atom stereocenters. The van der Waals surface area contributed by atoms with Gasteiger partial charge in [-0.05, 0) is 12.1 Å². The van der Waals surface area contributed by atoms with Gasteiger partial charge >= 0.3 is 0 Å². The van der Waals surface area contributed by atoms with E-state index in [0.29, 0.717) is 0 Å². The molecular formula is C20H20N2O2. The van der Waals surface area contributed by atoms with Gasteiger partial charge in [0.25, 0.3) is 0 Å². The molecule has 122 valence electrons. The number of hydrogen-bond acceptors (Lipinski definition) is 2. The molecule has 4 nitrogen and oxygen atoms in total. The maximum Gasteiger partial charge on any atom is 0.111 e. The summed E-state index contributed by atoms with van der Waals surface area (Å²) in [6, 6.07) is 15.8. The largest absolute Gasteiger partial charge is 0.385 e. The smallest absolute Gasteiger partial charge is 0.111 e. The third-order valence-electron chi connectivity index (χ3n) is 4.79. The van der Waals surface area contributed by atoms with Crippen molar-refractivity contribution in [2.24, 2.45) is 14.1 Å². The van der Waals surface area contributed by atoms with Gasteiger partial charge < -0.3 is 19.3 Å². The summed E-state index contributed by atoms with van der Waals surface area (Å²) in [4.78, 5) is 0. The van der Waals surface area contributed by atoms with Crippen LogP contribution in [0.2, 0.25) is 0 Å². The van der Waals surface area contributed by atoms with E-state index in [9.17, 15) is 10.2 Å². The average molecular weight is 320 g/mol. The van der Waals surface area contributed by atoms with Crippen LogP contribution in [0.4, 0.5) is 0 Å². The molecule has 0 saturated carbocycles. The van der Waals surface area contributed by atoms with Crippen molar-refractivity contribution in [1.82, 2.24) is 9.13 Å². The van der Waals surface area contributed by atoms with Crippen LogP contribution >= 0.6 is 0 Å². The number of aryl methyl sites for hydroxylation is 2. The molecule has 0 aliphatic heterocycles. The molecule has 2 aromatic carbocycles. The van der Waals surface area contributed by atoms with Gasteiger partial charge in [0.2, 0.25) is 0 Å².